The molecule has 8 nitrogen and oxygen atoms in total. The molecule has 1 fully saturated rings. The number of amides is 1. The first-order chi connectivity index (χ1) is 14.0. The number of hydrogen-bond acceptors (Lipinski definition) is 6. The van der Waals surface area contributed by atoms with E-state index in [1.165, 1.54) is 12.1 Å². The summed E-state index contributed by atoms with van der Waals surface area (Å²) in [6, 6.07) is 12.0. The largest absolute Gasteiger partial charge is 0.378 e. The number of benzene rings is 2. The second-order valence-electron chi connectivity index (χ2n) is 6.73. The van der Waals surface area contributed by atoms with Crippen molar-refractivity contribution in [1.82, 2.24) is 0 Å². The van der Waals surface area contributed by atoms with E-state index < -0.39 is 4.92 Å². The molecule has 2 aromatic carbocycles. The molecule has 1 amide bonds. The lowest BCUT2D eigenvalue weighted by molar-refractivity contribution is -0.384. The van der Waals surface area contributed by atoms with Gasteiger partial charge in [-0.3, -0.25) is 14.9 Å². The summed E-state index contributed by atoms with van der Waals surface area (Å²) < 4.78 is 5.37. The molecule has 2 aromatic rings. The molecule has 0 aliphatic carbocycles. The van der Waals surface area contributed by atoms with E-state index in [-0.39, 0.29) is 17.2 Å². The zero-order chi connectivity index (χ0) is 20.8. The second-order valence-corrected chi connectivity index (χ2v) is 6.73. The lowest BCUT2D eigenvalue weighted by Gasteiger charge is -2.30. The van der Waals surface area contributed by atoms with Gasteiger partial charge in [-0.2, -0.15) is 0 Å². The first-order valence-corrected chi connectivity index (χ1v) is 9.81. The highest BCUT2D eigenvalue weighted by molar-refractivity contribution is 6.08. The Labute approximate surface area is 170 Å². The van der Waals surface area contributed by atoms with Crippen LogP contribution in [0.1, 0.15) is 24.2 Å². The summed E-state index contributed by atoms with van der Waals surface area (Å²) in [5, 5.41) is 14.1. The Hall–Kier alpha value is -3.13. The predicted octanol–water partition coefficient (Wildman–Crippen LogP) is 3.53. The third kappa shape index (κ3) is 4.83. The molecule has 0 radical (unpaired) electrons. The Balaban J connectivity index is 1.85. The highest BCUT2D eigenvalue weighted by Gasteiger charge is 2.22. The molecule has 29 heavy (non-hydrogen) atoms. The molecule has 0 aromatic heterocycles. The maximum absolute atomic E-state index is 13.0. The Morgan fingerprint density at radius 1 is 1.14 bits per heavy atom. The van der Waals surface area contributed by atoms with E-state index in [0.29, 0.717) is 37.7 Å². The van der Waals surface area contributed by atoms with Gasteiger partial charge in [-0.1, -0.05) is 0 Å². The number of carbonyl (C=O) groups excluding carboxylic acids is 1. The van der Waals surface area contributed by atoms with Gasteiger partial charge in [0.1, 0.15) is 0 Å². The van der Waals surface area contributed by atoms with Gasteiger partial charge >= 0.3 is 0 Å². The third-order valence-corrected chi connectivity index (χ3v) is 5.04. The van der Waals surface area contributed by atoms with Crippen LogP contribution >= 0.6 is 0 Å². The number of ether oxygens (including phenoxy) is 1. The molecule has 1 aliphatic heterocycles. The Kier molecular flexibility index (Phi) is 6.66. The maximum Gasteiger partial charge on any atom is 0.270 e. The Morgan fingerprint density at radius 2 is 1.79 bits per heavy atom. The van der Waals surface area contributed by atoms with Crippen molar-refractivity contribution in [3.05, 3.63) is 58.1 Å². The number of nitro groups is 1. The zero-order valence-corrected chi connectivity index (χ0v) is 16.8. The number of morpholine rings is 1. The summed E-state index contributed by atoms with van der Waals surface area (Å²) in [6.07, 6.45) is 0. The van der Waals surface area contributed by atoms with Gasteiger partial charge in [-0.05, 0) is 44.2 Å². The molecule has 8 heteroatoms. The van der Waals surface area contributed by atoms with Crippen molar-refractivity contribution in [2.24, 2.45) is 0 Å². The smallest absolute Gasteiger partial charge is 0.270 e. The van der Waals surface area contributed by atoms with E-state index in [9.17, 15) is 14.9 Å². The number of non-ortho nitro benzene ring substituents is 1. The van der Waals surface area contributed by atoms with Gasteiger partial charge in [0, 0.05) is 49.7 Å². The molecule has 154 valence electrons. The van der Waals surface area contributed by atoms with E-state index >= 15 is 0 Å². The number of rotatable bonds is 7. The quantitative estimate of drug-likeness (QED) is 0.567. The van der Waals surface area contributed by atoms with Crippen molar-refractivity contribution in [3.63, 3.8) is 0 Å². The number of anilines is 3. The fraction of sp³-hybridized carbons (Fsp3) is 0.381. The first kappa shape index (κ1) is 20.6. The molecule has 0 bridgehead atoms. The minimum absolute atomic E-state index is 0.107. The summed E-state index contributed by atoms with van der Waals surface area (Å²) in [4.78, 5) is 27.9. The molecule has 0 atom stereocenters. The average molecular weight is 398 g/mol. The van der Waals surface area contributed by atoms with Crippen LogP contribution in [-0.2, 0) is 4.74 Å². The summed E-state index contributed by atoms with van der Waals surface area (Å²) >= 11 is 0. The first-order valence-electron chi connectivity index (χ1n) is 9.81. The van der Waals surface area contributed by atoms with Crippen molar-refractivity contribution >= 4 is 28.7 Å². The van der Waals surface area contributed by atoms with Crippen LogP contribution in [0.4, 0.5) is 22.7 Å². The molecular formula is C21H26N4O4. The molecule has 3 rings (SSSR count). The van der Waals surface area contributed by atoms with Crippen LogP contribution in [0.3, 0.4) is 0 Å². The normalized spacial score (nSPS) is 13.8. The van der Waals surface area contributed by atoms with Crippen LogP contribution in [0.2, 0.25) is 0 Å². The molecule has 0 saturated carbocycles. The van der Waals surface area contributed by atoms with E-state index in [4.69, 9.17) is 4.74 Å². The van der Waals surface area contributed by atoms with Crippen LogP contribution < -0.4 is 15.1 Å². The summed E-state index contributed by atoms with van der Waals surface area (Å²) in [7, 11) is 0. The number of nitrogens with zero attached hydrogens (tertiary/aromatic N) is 3. The lowest BCUT2D eigenvalue weighted by Crippen LogP contribution is -2.37. The van der Waals surface area contributed by atoms with Crippen molar-refractivity contribution in [2.75, 3.05) is 54.5 Å². The standard InChI is InChI=1S/C21H26N4O4/c1-3-23(4-2)17-7-5-16(6-8-17)22-21(26)19-15-18(25(27)28)9-10-20(19)24-11-13-29-14-12-24/h5-10,15H,3-4,11-14H2,1-2H3,(H,22,26). The van der Waals surface area contributed by atoms with Gasteiger partial charge < -0.3 is 19.9 Å². The molecule has 0 unspecified atom stereocenters. The van der Waals surface area contributed by atoms with Crippen LogP contribution in [0, 0.1) is 10.1 Å². The molecule has 1 N–H and O–H groups in total. The highest BCUT2D eigenvalue weighted by Crippen LogP contribution is 2.27. The fourth-order valence-corrected chi connectivity index (χ4v) is 3.44. The van der Waals surface area contributed by atoms with Crippen molar-refractivity contribution < 1.29 is 14.5 Å². The van der Waals surface area contributed by atoms with E-state index in [2.05, 4.69) is 24.1 Å². The van der Waals surface area contributed by atoms with Gasteiger partial charge in [0.25, 0.3) is 11.6 Å². The van der Waals surface area contributed by atoms with Gasteiger partial charge in [0.15, 0.2) is 0 Å². The summed E-state index contributed by atoms with van der Waals surface area (Å²) in [5.41, 5.74) is 2.58. The molecule has 1 saturated heterocycles. The third-order valence-electron chi connectivity index (χ3n) is 5.04. The van der Waals surface area contributed by atoms with Gasteiger partial charge in [0.05, 0.1) is 29.4 Å². The molecule has 1 heterocycles. The zero-order valence-electron chi connectivity index (χ0n) is 16.8. The van der Waals surface area contributed by atoms with E-state index in [0.717, 1.165) is 18.8 Å². The Bertz CT molecular complexity index is 859. The van der Waals surface area contributed by atoms with Crippen LogP contribution in [0.5, 0.6) is 0 Å². The number of nitro benzene ring substituents is 1. The lowest BCUT2D eigenvalue weighted by atomic mass is 10.1. The number of hydrogen-bond donors (Lipinski definition) is 1. The minimum atomic E-state index is -0.487. The Morgan fingerprint density at radius 3 is 2.38 bits per heavy atom. The van der Waals surface area contributed by atoms with E-state index in [1.807, 2.05) is 29.2 Å². The summed E-state index contributed by atoms with van der Waals surface area (Å²) in [5.74, 6) is -0.370. The predicted molar refractivity (Wildman–Crippen MR) is 114 cm³/mol. The minimum Gasteiger partial charge on any atom is -0.378 e. The van der Waals surface area contributed by atoms with Crippen molar-refractivity contribution in [1.29, 1.82) is 0 Å². The van der Waals surface area contributed by atoms with Gasteiger partial charge in [-0.25, -0.2) is 0 Å². The summed E-state index contributed by atoms with van der Waals surface area (Å²) in [6.45, 7) is 8.38. The van der Waals surface area contributed by atoms with Crippen molar-refractivity contribution in [2.45, 2.75) is 13.8 Å². The fourth-order valence-electron chi connectivity index (χ4n) is 3.44. The number of nitrogens with one attached hydrogen (secondary N) is 1. The molecule has 0 spiro atoms. The molecule has 1 aliphatic rings. The van der Waals surface area contributed by atoms with Gasteiger partial charge in [-0.15, -0.1) is 0 Å². The second kappa shape index (κ2) is 9.38. The monoisotopic (exact) mass is 398 g/mol. The van der Waals surface area contributed by atoms with Crippen LogP contribution in [0.15, 0.2) is 42.5 Å². The van der Waals surface area contributed by atoms with E-state index in [1.54, 1.807) is 6.07 Å². The maximum atomic E-state index is 13.0. The average Bonchev–Trinajstić information content (AvgIpc) is 2.76. The SMILES string of the molecule is CCN(CC)c1ccc(NC(=O)c2cc([N+](=O)[O-])ccc2N2CCOCC2)cc1. The van der Waals surface area contributed by atoms with Crippen molar-refractivity contribution in [3.8, 4) is 0 Å². The van der Waals surface area contributed by atoms with Gasteiger partial charge in [0.2, 0.25) is 0 Å². The number of carbonyl (C=O) groups is 1. The van der Waals surface area contributed by atoms with Crippen LogP contribution in [0.25, 0.3) is 0 Å². The highest BCUT2D eigenvalue weighted by atomic mass is 16.6. The molecular weight excluding hydrogens is 372 g/mol. The topological polar surface area (TPSA) is 88.0 Å². The van der Waals surface area contributed by atoms with Crippen LogP contribution in [-0.4, -0.2) is 50.2 Å².